The highest BCUT2D eigenvalue weighted by molar-refractivity contribution is 5.75. The predicted octanol–water partition coefficient (Wildman–Crippen LogP) is 2.03. The van der Waals surface area contributed by atoms with E-state index < -0.39 is 16.8 Å². The van der Waals surface area contributed by atoms with E-state index in [0.717, 1.165) is 5.56 Å². The summed E-state index contributed by atoms with van der Waals surface area (Å²) in [5.74, 6) is -1.43. The first-order valence-electron chi connectivity index (χ1n) is 5.96. The highest BCUT2D eigenvalue weighted by Crippen LogP contribution is 2.17. The van der Waals surface area contributed by atoms with Gasteiger partial charge in [-0.25, -0.2) is 0 Å². The van der Waals surface area contributed by atoms with Crippen LogP contribution in [0.15, 0.2) is 36.7 Å². The monoisotopic (exact) mass is 275 g/mol. The van der Waals surface area contributed by atoms with Crippen LogP contribution in [0.4, 0.5) is 5.69 Å². The van der Waals surface area contributed by atoms with Crippen LogP contribution in [0.3, 0.4) is 0 Å². The van der Waals surface area contributed by atoms with Crippen molar-refractivity contribution in [2.45, 2.75) is 19.4 Å². The van der Waals surface area contributed by atoms with Gasteiger partial charge in [0.1, 0.15) is 12.4 Å². The van der Waals surface area contributed by atoms with E-state index in [0.29, 0.717) is 12.1 Å². The van der Waals surface area contributed by atoms with E-state index in [1.54, 1.807) is 31.2 Å². The van der Waals surface area contributed by atoms with Crippen molar-refractivity contribution in [1.82, 2.24) is 9.78 Å². The molecule has 0 bridgehead atoms. The largest absolute Gasteiger partial charge is 0.481 e. The van der Waals surface area contributed by atoms with Crippen LogP contribution in [0, 0.1) is 10.1 Å². The summed E-state index contributed by atoms with van der Waals surface area (Å²) in [6.07, 6.45) is 2.55. The van der Waals surface area contributed by atoms with Crippen molar-refractivity contribution in [3.05, 3.63) is 57.9 Å². The molecule has 0 aliphatic heterocycles. The molecule has 0 aliphatic rings. The number of aliphatic carboxylic acids is 1. The lowest BCUT2D eigenvalue weighted by Crippen LogP contribution is -2.07. The van der Waals surface area contributed by atoms with E-state index >= 15 is 0 Å². The Morgan fingerprint density at radius 1 is 1.45 bits per heavy atom. The lowest BCUT2D eigenvalue weighted by atomic mass is 10.0. The molecule has 1 N–H and O–H groups in total. The Bertz CT molecular complexity index is 633. The second-order valence-corrected chi connectivity index (χ2v) is 4.45. The van der Waals surface area contributed by atoms with E-state index in [1.165, 1.54) is 17.1 Å². The third-order valence-electron chi connectivity index (χ3n) is 3.03. The number of hydrogen-bond acceptors (Lipinski definition) is 4. The summed E-state index contributed by atoms with van der Waals surface area (Å²) in [7, 11) is 0. The standard InChI is InChI=1S/C13H13N3O4/c1-9(13(17)18)11-4-2-10(3-5-11)7-15-8-12(6-14-15)16(19)20/h2-6,8-9H,7H2,1H3,(H,17,18). The maximum atomic E-state index is 10.9. The van der Waals surface area contributed by atoms with Gasteiger partial charge in [-0.2, -0.15) is 5.10 Å². The first-order chi connectivity index (χ1) is 9.47. The number of hydrogen-bond donors (Lipinski definition) is 1. The van der Waals surface area contributed by atoms with Gasteiger partial charge in [0.15, 0.2) is 0 Å². The van der Waals surface area contributed by atoms with Gasteiger partial charge in [-0.05, 0) is 18.1 Å². The highest BCUT2D eigenvalue weighted by atomic mass is 16.6. The fourth-order valence-electron chi connectivity index (χ4n) is 1.77. The maximum absolute atomic E-state index is 10.9. The number of carboxylic acid groups (broad SMARTS) is 1. The molecule has 0 spiro atoms. The molecule has 0 fully saturated rings. The normalized spacial score (nSPS) is 12.1. The highest BCUT2D eigenvalue weighted by Gasteiger charge is 2.13. The summed E-state index contributed by atoms with van der Waals surface area (Å²) >= 11 is 0. The lowest BCUT2D eigenvalue weighted by Gasteiger charge is -2.07. The summed E-state index contributed by atoms with van der Waals surface area (Å²) in [5, 5.41) is 23.4. The molecule has 2 aromatic rings. The Kier molecular flexibility index (Phi) is 3.79. The average Bonchev–Trinajstić information content (AvgIpc) is 2.87. The molecule has 20 heavy (non-hydrogen) atoms. The van der Waals surface area contributed by atoms with Crippen LogP contribution in [0.2, 0.25) is 0 Å². The van der Waals surface area contributed by atoms with Gasteiger partial charge in [0.25, 0.3) is 0 Å². The zero-order valence-corrected chi connectivity index (χ0v) is 10.8. The van der Waals surface area contributed by atoms with Gasteiger partial charge in [0.2, 0.25) is 0 Å². The molecule has 1 aromatic carbocycles. The zero-order chi connectivity index (χ0) is 14.7. The maximum Gasteiger partial charge on any atom is 0.310 e. The van der Waals surface area contributed by atoms with Crippen molar-refractivity contribution in [2.75, 3.05) is 0 Å². The lowest BCUT2D eigenvalue weighted by molar-refractivity contribution is -0.385. The summed E-state index contributed by atoms with van der Waals surface area (Å²) in [5.41, 5.74) is 1.55. The van der Waals surface area contributed by atoms with Crippen LogP contribution in [0.5, 0.6) is 0 Å². The Labute approximate surface area is 114 Å². The Hall–Kier alpha value is -2.70. The van der Waals surface area contributed by atoms with Gasteiger partial charge < -0.3 is 5.11 Å². The van der Waals surface area contributed by atoms with E-state index in [1.807, 2.05) is 0 Å². The predicted molar refractivity (Wildman–Crippen MR) is 70.5 cm³/mol. The Balaban J connectivity index is 2.10. The average molecular weight is 275 g/mol. The van der Waals surface area contributed by atoms with E-state index in [9.17, 15) is 14.9 Å². The van der Waals surface area contributed by atoms with E-state index in [4.69, 9.17) is 5.11 Å². The summed E-state index contributed by atoms with van der Waals surface area (Å²) in [6, 6.07) is 7.07. The van der Waals surface area contributed by atoms with E-state index in [2.05, 4.69) is 5.10 Å². The molecule has 7 nitrogen and oxygen atoms in total. The quantitative estimate of drug-likeness (QED) is 0.665. The van der Waals surface area contributed by atoms with E-state index in [-0.39, 0.29) is 5.69 Å². The Morgan fingerprint density at radius 2 is 2.10 bits per heavy atom. The molecule has 1 aromatic heterocycles. The van der Waals surface area contributed by atoms with Crippen LogP contribution in [-0.4, -0.2) is 25.8 Å². The molecule has 0 radical (unpaired) electrons. The van der Waals surface area contributed by atoms with Gasteiger partial charge in [0.05, 0.1) is 17.4 Å². The first kappa shape index (κ1) is 13.7. The number of benzene rings is 1. The van der Waals surface area contributed by atoms with Gasteiger partial charge in [-0.15, -0.1) is 0 Å². The first-order valence-corrected chi connectivity index (χ1v) is 5.96. The summed E-state index contributed by atoms with van der Waals surface area (Å²) in [6.45, 7) is 2.02. The molecule has 0 saturated heterocycles. The molecular weight excluding hydrogens is 262 g/mol. The van der Waals surface area contributed by atoms with Crippen molar-refractivity contribution in [3.8, 4) is 0 Å². The molecule has 1 atom stereocenters. The fraction of sp³-hybridized carbons (Fsp3) is 0.231. The van der Waals surface area contributed by atoms with Crippen molar-refractivity contribution in [2.24, 2.45) is 0 Å². The second kappa shape index (κ2) is 5.52. The van der Waals surface area contributed by atoms with Gasteiger partial charge in [0, 0.05) is 0 Å². The molecule has 1 unspecified atom stereocenters. The van der Waals surface area contributed by atoms with Crippen LogP contribution in [0.1, 0.15) is 24.0 Å². The summed E-state index contributed by atoms with van der Waals surface area (Å²) < 4.78 is 1.47. The fourth-order valence-corrected chi connectivity index (χ4v) is 1.77. The number of nitrogens with zero attached hydrogens (tertiary/aromatic N) is 3. The van der Waals surface area contributed by atoms with Gasteiger partial charge in [-0.1, -0.05) is 24.3 Å². The topological polar surface area (TPSA) is 98.3 Å². The van der Waals surface area contributed by atoms with Crippen molar-refractivity contribution >= 4 is 11.7 Å². The molecule has 0 amide bonds. The van der Waals surface area contributed by atoms with Crippen molar-refractivity contribution in [1.29, 1.82) is 0 Å². The number of carbonyl (C=O) groups is 1. The molecule has 7 heteroatoms. The number of rotatable bonds is 5. The smallest absolute Gasteiger partial charge is 0.310 e. The molecule has 104 valence electrons. The number of nitro groups is 1. The minimum atomic E-state index is -0.875. The molecule has 0 saturated carbocycles. The van der Waals surface area contributed by atoms with Gasteiger partial charge >= 0.3 is 11.7 Å². The minimum Gasteiger partial charge on any atom is -0.481 e. The molecular formula is C13H13N3O4. The zero-order valence-electron chi connectivity index (χ0n) is 10.8. The van der Waals surface area contributed by atoms with Crippen molar-refractivity contribution < 1.29 is 14.8 Å². The SMILES string of the molecule is CC(C(=O)O)c1ccc(Cn2cc([N+](=O)[O-])cn2)cc1. The third-order valence-corrected chi connectivity index (χ3v) is 3.03. The number of aromatic nitrogens is 2. The van der Waals surface area contributed by atoms with Crippen LogP contribution >= 0.6 is 0 Å². The second-order valence-electron chi connectivity index (χ2n) is 4.45. The van der Waals surface area contributed by atoms with Crippen LogP contribution < -0.4 is 0 Å². The minimum absolute atomic E-state index is 0.0545. The molecule has 1 heterocycles. The third kappa shape index (κ3) is 3.00. The van der Waals surface area contributed by atoms with Crippen LogP contribution in [-0.2, 0) is 11.3 Å². The van der Waals surface area contributed by atoms with Crippen molar-refractivity contribution in [3.63, 3.8) is 0 Å². The Morgan fingerprint density at radius 3 is 2.60 bits per heavy atom. The van der Waals surface area contributed by atoms with Gasteiger partial charge in [-0.3, -0.25) is 19.6 Å². The molecule has 0 aliphatic carbocycles. The number of carboxylic acids is 1. The van der Waals surface area contributed by atoms with Crippen LogP contribution in [0.25, 0.3) is 0 Å². The summed E-state index contributed by atoms with van der Waals surface area (Å²) in [4.78, 5) is 20.9. The molecule has 2 rings (SSSR count).